The van der Waals surface area contributed by atoms with E-state index in [4.69, 9.17) is 0 Å². The predicted octanol–water partition coefficient (Wildman–Crippen LogP) is -0.388. The molecule has 0 rings (SSSR count). The van der Waals surface area contributed by atoms with E-state index in [0.717, 1.165) is 0 Å². The molecule has 3 radical (unpaired) electrons. The fourth-order valence-electron chi connectivity index (χ4n) is 0. The number of hydrogen-bond donors (Lipinski definition) is 0. The van der Waals surface area contributed by atoms with Crippen LogP contribution in [-0.2, 0) is 50.3 Å². The van der Waals surface area contributed by atoms with Crippen LogP contribution in [0.25, 0.3) is 0 Å². The molecule has 0 fully saturated rings. The zero-order valence-electron chi connectivity index (χ0n) is 1.71. The largest absolute Gasteiger partial charge is 0 e. The van der Waals surface area contributed by atoms with E-state index < -0.39 is 0 Å². The Labute approximate surface area is 72.6 Å². The van der Waals surface area contributed by atoms with Crippen molar-refractivity contribution >= 4 is 23.1 Å². The van der Waals surface area contributed by atoms with Crippen LogP contribution in [0, 0.1) is 0 Å². The molecule has 0 aromatic heterocycles. The van der Waals surface area contributed by atoms with Crippen LogP contribution < -0.4 is 0 Å². The van der Waals surface area contributed by atoms with Crippen LogP contribution in [0.4, 0.5) is 0 Å². The summed E-state index contributed by atoms with van der Waals surface area (Å²) in [5.41, 5.74) is 0. The standard InChI is InChI=1S/Co.Fe.Mg.Ni. The molecular weight excluding hydrogens is 198 g/mol. The first-order valence-corrected chi connectivity index (χ1v) is 0. The second kappa shape index (κ2) is 18.6. The van der Waals surface area contributed by atoms with Crippen LogP contribution in [0.3, 0.4) is 0 Å². The molecule has 0 aliphatic rings. The summed E-state index contributed by atoms with van der Waals surface area (Å²) < 4.78 is 0. The topological polar surface area (TPSA) is 0 Å². The van der Waals surface area contributed by atoms with Gasteiger partial charge in [0.15, 0.2) is 0 Å². The average Bonchev–Trinajstić information content (AvgIpc) is 0. The molecule has 0 aromatic rings. The first-order chi connectivity index (χ1) is 0. The molecule has 0 aromatic carbocycles. The van der Waals surface area contributed by atoms with Gasteiger partial charge >= 0.3 is 0 Å². The van der Waals surface area contributed by atoms with E-state index in [1.165, 1.54) is 0 Å². The van der Waals surface area contributed by atoms with Crippen LogP contribution in [-0.4, -0.2) is 23.1 Å². The third-order valence-electron chi connectivity index (χ3n) is 0. The molecule has 0 amide bonds. The van der Waals surface area contributed by atoms with Crippen LogP contribution in [0.1, 0.15) is 0 Å². The van der Waals surface area contributed by atoms with Gasteiger partial charge in [-0.15, -0.1) is 0 Å². The van der Waals surface area contributed by atoms with E-state index in [2.05, 4.69) is 0 Å². The van der Waals surface area contributed by atoms with E-state index in [9.17, 15) is 0 Å². The Morgan fingerprint density at radius 2 is 1.00 bits per heavy atom. The summed E-state index contributed by atoms with van der Waals surface area (Å²) in [4.78, 5) is 0. The van der Waals surface area contributed by atoms with Gasteiger partial charge in [0.1, 0.15) is 0 Å². The van der Waals surface area contributed by atoms with Crippen molar-refractivity contribution < 1.29 is 50.3 Å². The van der Waals surface area contributed by atoms with Crippen LogP contribution in [0.15, 0.2) is 0 Å². The van der Waals surface area contributed by atoms with E-state index >= 15 is 0 Å². The van der Waals surface area contributed by atoms with Gasteiger partial charge in [0.05, 0.1) is 0 Å². The summed E-state index contributed by atoms with van der Waals surface area (Å²) in [6.45, 7) is 0. The zero-order chi connectivity index (χ0) is 0. The summed E-state index contributed by atoms with van der Waals surface area (Å²) in [5.74, 6) is 0. The molecule has 0 spiro atoms. The van der Waals surface area contributed by atoms with Crippen LogP contribution >= 0.6 is 0 Å². The van der Waals surface area contributed by atoms with Gasteiger partial charge in [0.25, 0.3) is 0 Å². The monoisotopic (exact) mass is 197 g/mol. The van der Waals surface area contributed by atoms with Crippen molar-refractivity contribution in [2.75, 3.05) is 0 Å². The minimum absolute atomic E-state index is 0. The van der Waals surface area contributed by atoms with E-state index in [-0.39, 0.29) is 73.4 Å². The van der Waals surface area contributed by atoms with E-state index in [0.29, 0.717) is 0 Å². The molecule has 0 nitrogen and oxygen atoms in total. The molecule has 4 heavy (non-hydrogen) atoms. The first-order valence-electron chi connectivity index (χ1n) is 0. The van der Waals surface area contributed by atoms with Crippen molar-refractivity contribution in [2.24, 2.45) is 0 Å². The third-order valence-corrected chi connectivity index (χ3v) is 0. The molecule has 0 saturated heterocycles. The van der Waals surface area contributed by atoms with E-state index in [1.54, 1.807) is 0 Å². The molecule has 4 heteroatoms. The average molecular weight is 198 g/mol. The van der Waals surface area contributed by atoms with Crippen molar-refractivity contribution in [1.82, 2.24) is 0 Å². The molecular formula is CoFeMgNi. The Morgan fingerprint density at radius 1 is 1.00 bits per heavy atom. The first kappa shape index (κ1) is 33.6. The molecule has 0 aliphatic carbocycles. The van der Waals surface area contributed by atoms with Crippen molar-refractivity contribution in [3.05, 3.63) is 0 Å². The molecule has 0 N–H and O–H groups in total. The Bertz CT molecular complexity index is 8.00. The SMILES string of the molecule is [Co].[Fe].[Mg].[Ni]. The van der Waals surface area contributed by atoms with Crippen molar-refractivity contribution in [2.45, 2.75) is 0 Å². The predicted molar refractivity (Wildman–Crippen MR) is 5.75 cm³/mol. The van der Waals surface area contributed by atoms with Crippen molar-refractivity contribution in [3.63, 3.8) is 0 Å². The minimum atomic E-state index is 0. The van der Waals surface area contributed by atoms with Crippen molar-refractivity contribution in [3.8, 4) is 0 Å². The quantitative estimate of drug-likeness (QED) is 0.465. The third kappa shape index (κ3) is 8.86. The summed E-state index contributed by atoms with van der Waals surface area (Å²) in [5, 5.41) is 0. The van der Waals surface area contributed by atoms with Gasteiger partial charge in [-0.05, 0) is 0 Å². The zero-order valence-corrected chi connectivity index (χ0v) is 6.26. The molecule has 0 aliphatic heterocycles. The van der Waals surface area contributed by atoms with Crippen LogP contribution in [0.2, 0.25) is 0 Å². The molecule has 0 atom stereocenters. The molecule has 0 unspecified atom stereocenters. The molecule has 0 heterocycles. The fourth-order valence-corrected chi connectivity index (χ4v) is 0. The summed E-state index contributed by atoms with van der Waals surface area (Å²) in [6, 6.07) is 0. The molecule has 0 bridgehead atoms. The Morgan fingerprint density at radius 3 is 1.00 bits per heavy atom. The van der Waals surface area contributed by atoms with Crippen LogP contribution in [0.5, 0.6) is 0 Å². The summed E-state index contributed by atoms with van der Waals surface area (Å²) >= 11 is 0. The maximum absolute atomic E-state index is 0. The maximum atomic E-state index is 0. The maximum Gasteiger partial charge on any atom is 0 e. The van der Waals surface area contributed by atoms with Gasteiger partial charge in [-0.1, -0.05) is 0 Å². The number of rotatable bonds is 0. The van der Waals surface area contributed by atoms with Gasteiger partial charge < -0.3 is 0 Å². The number of hydrogen-bond acceptors (Lipinski definition) is 0. The molecule has 29 valence electrons. The van der Waals surface area contributed by atoms with Gasteiger partial charge in [0.2, 0.25) is 0 Å². The fraction of sp³-hybridized carbons (Fsp3) is 0. The van der Waals surface area contributed by atoms with Gasteiger partial charge in [0, 0.05) is 73.4 Å². The Hall–Kier alpha value is 2.29. The Balaban J connectivity index is 0. The summed E-state index contributed by atoms with van der Waals surface area (Å²) in [7, 11) is 0. The normalized spacial score (nSPS) is 0. The van der Waals surface area contributed by atoms with Crippen molar-refractivity contribution in [1.29, 1.82) is 0 Å². The molecule has 0 saturated carbocycles. The minimum Gasteiger partial charge on any atom is 0 e. The second-order valence-corrected chi connectivity index (χ2v) is 0. The van der Waals surface area contributed by atoms with Gasteiger partial charge in [-0.3, -0.25) is 0 Å². The second-order valence-electron chi connectivity index (χ2n) is 0. The van der Waals surface area contributed by atoms with E-state index in [1.807, 2.05) is 0 Å². The van der Waals surface area contributed by atoms with Gasteiger partial charge in [-0.25, -0.2) is 0 Å². The smallest absolute Gasteiger partial charge is 0 e. The summed E-state index contributed by atoms with van der Waals surface area (Å²) in [6.07, 6.45) is 0. The van der Waals surface area contributed by atoms with Gasteiger partial charge in [-0.2, -0.15) is 0 Å². The Kier molecular flexibility index (Phi) is 156.